The standard InChI is InChI=1S/C13H14N2O3S/c1-8-12(19-7-14-8)13(16)15-10-6-9(17-2)4-5-11(10)18-3/h4-7H,1-3H3,(H,15,16). The highest BCUT2D eigenvalue weighted by molar-refractivity contribution is 7.12. The second kappa shape index (κ2) is 5.71. The van der Waals surface area contributed by atoms with Crippen LogP contribution in [0.15, 0.2) is 23.7 Å². The maximum Gasteiger partial charge on any atom is 0.267 e. The zero-order chi connectivity index (χ0) is 13.8. The fourth-order valence-corrected chi connectivity index (χ4v) is 2.31. The highest BCUT2D eigenvalue weighted by Crippen LogP contribution is 2.29. The highest BCUT2D eigenvalue weighted by Gasteiger charge is 2.14. The van der Waals surface area contributed by atoms with Crippen molar-refractivity contribution in [1.82, 2.24) is 4.98 Å². The summed E-state index contributed by atoms with van der Waals surface area (Å²) < 4.78 is 10.3. The van der Waals surface area contributed by atoms with Crippen LogP contribution in [0, 0.1) is 6.92 Å². The predicted octanol–water partition coefficient (Wildman–Crippen LogP) is 2.72. The van der Waals surface area contributed by atoms with Gasteiger partial charge in [0.05, 0.1) is 31.1 Å². The molecule has 100 valence electrons. The van der Waals surface area contributed by atoms with Crippen LogP contribution >= 0.6 is 11.3 Å². The van der Waals surface area contributed by atoms with Crippen molar-refractivity contribution in [3.05, 3.63) is 34.3 Å². The monoisotopic (exact) mass is 278 g/mol. The fraction of sp³-hybridized carbons (Fsp3) is 0.231. The smallest absolute Gasteiger partial charge is 0.267 e. The van der Waals surface area contributed by atoms with Crippen molar-refractivity contribution in [2.45, 2.75) is 6.92 Å². The van der Waals surface area contributed by atoms with E-state index in [0.717, 1.165) is 0 Å². The Balaban J connectivity index is 2.27. The summed E-state index contributed by atoms with van der Waals surface area (Å²) in [4.78, 5) is 16.8. The lowest BCUT2D eigenvalue weighted by molar-refractivity contribution is 0.102. The van der Waals surface area contributed by atoms with E-state index < -0.39 is 0 Å². The Labute approximate surface area is 115 Å². The lowest BCUT2D eigenvalue weighted by Gasteiger charge is -2.11. The van der Waals surface area contributed by atoms with Crippen LogP contribution in [0.25, 0.3) is 0 Å². The summed E-state index contributed by atoms with van der Waals surface area (Å²) in [5, 5.41) is 2.81. The Morgan fingerprint density at radius 3 is 2.68 bits per heavy atom. The summed E-state index contributed by atoms with van der Waals surface area (Å²) in [5.74, 6) is 1.03. The molecule has 1 aromatic heterocycles. The zero-order valence-corrected chi connectivity index (χ0v) is 11.7. The van der Waals surface area contributed by atoms with E-state index >= 15 is 0 Å². The molecule has 0 radical (unpaired) electrons. The van der Waals surface area contributed by atoms with Gasteiger partial charge in [-0.2, -0.15) is 0 Å². The molecule has 1 heterocycles. The molecule has 0 spiro atoms. The van der Waals surface area contributed by atoms with Crippen LogP contribution in [0.5, 0.6) is 11.5 Å². The molecule has 2 rings (SSSR count). The lowest BCUT2D eigenvalue weighted by Crippen LogP contribution is -2.12. The molecule has 0 saturated carbocycles. The van der Waals surface area contributed by atoms with Crippen molar-refractivity contribution in [2.75, 3.05) is 19.5 Å². The molecule has 1 amide bonds. The van der Waals surface area contributed by atoms with Crippen LogP contribution in [-0.4, -0.2) is 25.1 Å². The molecule has 0 aliphatic carbocycles. The largest absolute Gasteiger partial charge is 0.497 e. The molecule has 0 saturated heterocycles. The number of thiazole rings is 1. The second-order valence-electron chi connectivity index (χ2n) is 3.79. The number of amides is 1. The molecule has 0 aliphatic heterocycles. The number of nitrogens with zero attached hydrogens (tertiary/aromatic N) is 1. The number of ether oxygens (including phenoxy) is 2. The van der Waals surface area contributed by atoms with E-state index in [2.05, 4.69) is 10.3 Å². The Kier molecular flexibility index (Phi) is 4.01. The predicted molar refractivity (Wildman–Crippen MR) is 74.4 cm³/mol. The van der Waals surface area contributed by atoms with E-state index in [1.807, 2.05) is 0 Å². The van der Waals surface area contributed by atoms with E-state index in [-0.39, 0.29) is 5.91 Å². The summed E-state index contributed by atoms with van der Waals surface area (Å²) in [6.07, 6.45) is 0. The SMILES string of the molecule is COc1ccc(OC)c(NC(=O)c2scnc2C)c1. The molecule has 5 nitrogen and oxygen atoms in total. The number of carbonyl (C=O) groups is 1. The van der Waals surface area contributed by atoms with Crippen LogP contribution < -0.4 is 14.8 Å². The number of hydrogen-bond donors (Lipinski definition) is 1. The third-order valence-corrected chi connectivity index (χ3v) is 3.53. The van der Waals surface area contributed by atoms with Crippen LogP contribution in [0.4, 0.5) is 5.69 Å². The number of aryl methyl sites for hydroxylation is 1. The van der Waals surface area contributed by atoms with Crippen molar-refractivity contribution < 1.29 is 14.3 Å². The van der Waals surface area contributed by atoms with Crippen molar-refractivity contribution in [3.63, 3.8) is 0 Å². The first kappa shape index (κ1) is 13.4. The summed E-state index contributed by atoms with van der Waals surface area (Å²) >= 11 is 1.31. The Morgan fingerprint density at radius 2 is 2.11 bits per heavy atom. The van der Waals surface area contributed by atoms with E-state index in [1.165, 1.54) is 11.3 Å². The molecule has 0 atom stereocenters. The van der Waals surface area contributed by atoms with E-state index in [0.29, 0.717) is 27.8 Å². The first-order valence-corrected chi connectivity index (χ1v) is 6.47. The molecule has 0 aliphatic rings. The number of nitrogens with one attached hydrogen (secondary N) is 1. The molecule has 0 unspecified atom stereocenters. The number of benzene rings is 1. The third kappa shape index (κ3) is 2.85. The van der Waals surface area contributed by atoms with Gasteiger partial charge in [0, 0.05) is 6.07 Å². The Bertz CT molecular complexity index is 595. The molecular formula is C13H14N2O3S. The first-order chi connectivity index (χ1) is 9.15. The molecule has 6 heteroatoms. The topological polar surface area (TPSA) is 60.5 Å². The lowest BCUT2D eigenvalue weighted by atomic mass is 10.2. The number of hydrogen-bond acceptors (Lipinski definition) is 5. The number of rotatable bonds is 4. The second-order valence-corrected chi connectivity index (χ2v) is 4.64. The van der Waals surface area contributed by atoms with Gasteiger partial charge in [0.2, 0.25) is 0 Å². The van der Waals surface area contributed by atoms with Gasteiger partial charge < -0.3 is 14.8 Å². The normalized spacial score (nSPS) is 10.1. The van der Waals surface area contributed by atoms with E-state index in [4.69, 9.17) is 9.47 Å². The summed E-state index contributed by atoms with van der Waals surface area (Å²) in [6.45, 7) is 1.80. The number of methoxy groups -OCH3 is 2. The summed E-state index contributed by atoms with van der Waals surface area (Å²) in [5.41, 5.74) is 2.93. The summed E-state index contributed by atoms with van der Waals surface area (Å²) in [6, 6.07) is 5.23. The van der Waals surface area contributed by atoms with Crippen molar-refractivity contribution >= 4 is 22.9 Å². The molecule has 2 aromatic rings. The van der Waals surface area contributed by atoms with E-state index in [1.54, 1.807) is 44.9 Å². The molecule has 19 heavy (non-hydrogen) atoms. The van der Waals surface area contributed by atoms with Crippen molar-refractivity contribution in [2.24, 2.45) is 0 Å². The van der Waals surface area contributed by atoms with Gasteiger partial charge >= 0.3 is 0 Å². The first-order valence-electron chi connectivity index (χ1n) is 5.59. The Hall–Kier alpha value is -2.08. The average Bonchev–Trinajstić information content (AvgIpc) is 2.85. The molecule has 0 fully saturated rings. The minimum atomic E-state index is -0.202. The van der Waals surface area contributed by atoms with Gasteiger partial charge in [-0.1, -0.05) is 0 Å². The fourth-order valence-electron chi connectivity index (χ4n) is 1.61. The van der Waals surface area contributed by atoms with Crippen LogP contribution in [0.1, 0.15) is 15.4 Å². The molecule has 0 bridgehead atoms. The summed E-state index contributed by atoms with van der Waals surface area (Å²) in [7, 11) is 3.12. The highest BCUT2D eigenvalue weighted by atomic mass is 32.1. The molecule has 1 N–H and O–H groups in total. The average molecular weight is 278 g/mol. The van der Waals surface area contributed by atoms with Gasteiger partial charge in [0.15, 0.2) is 0 Å². The number of aromatic nitrogens is 1. The van der Waals surface area contributed by atoms with Gasteiger partial charge in [0.1, 0.15) is 16.4 Å². The van der Waals surface area contributed by atoms with Crippen molar-refractivity contribution in [3.8, 4) is 11.5 Å². The maximum atomic E-state index is 12.1. The number of anilines is 1. The van der Waals surface area contributed by atoms with Crippen LogP contribution in [0.3, 0.4) is 0 Å². The van der Waals surface area contributed by atoms with Crippen LogP contribution in [-0.2, 0) is 0 Å². The molecule has 1 aromatic carbocycles. The van der Waals surface area contributed by atoms with Gasteiger partial charge in [-0.15, -0.1) is 11.3 Å². The molecular weight excluding hydrogens is 264 g/mol. The quantitative estimate of drug-likeness (QED) is 0.934. The van der Waals surface area contributed by atoms with Gasteiger partial charge in [-0.3, -0.25) is 4.79 Å². The van der Waals surface area contributed by atoms with E-state index in [9.17, 15) is 4.79 Å². The zero-order valence-electron chi connectivity index (χ0n) is 10.9. The Morgan fingerprint density at radius 1 is 1.32 bits per heavy atom. The third-order valence-electron chi connectivity index (χ3n) is 2.61. The number of carbonyl (C=O) groups excluding carboxylic acids is 1. The van der Waals surface area contributed by atoms with Gasteiger partial charge in [-0.05, 0) is 19.1 Å². The van der Waals surface area contributed by atoms with Crippen molar-refractivity contribution in [1.29, 1.82) is 0 Å². The van der Waals surface area contributed by atoms with Gasteiger partial charge in [-0.25, -0.2) is 4.98 Å². The van der Waals surface area contributed by atoms with Gasteiger partial charge in [0.25, 0.3) is 5.91 Å². The van der Waals surface area contributed by atoms with Crippen LogP contribution in [0.2, 0.25) is 0 Å². The minimum Gasteiger partial charge on any atom is -0.497 e. The minimum absolute atomic E-state index is 0.202. The maximum absolute atomic E-state index is 12.1.